The zero-order valence-electron chi connectivity index (χ0n) is 12.7. The molecule has 2 N–H and O–H groups in total. The molecule has 0 fully saturated rings. The summed E-state index contributed by atoms with van der Waals surface area (Å²) < 4.78 is 1.34. The van der Waals surface area contributed by atoms with Gasteiger partial charge in [-0.15, -0.1) is 10.2 Å². The molecule has 0 saturated heterocycles. The van der Waals surface area contributed by atoms with Crippen molar-refractivity contribution >= 4 is 17.5 Å². The van der Waals surface area contributed by atoms with Crippen LogP contribution in [0.5, 0.6) is 0 Å². The average Bonchev–Trinajstić information content (AvgIpc) is 3.09. The number of carbonyl (C=O) groups is 2. The van der Waals surface area contributed by atoms with Crippen molar-refractivity contribution in [3.8, 4) is 0 Å². The first-order valence-corrected chi connectivity index (χ1v) is 7.31. The lowest BCUT2D eigenvalue weighted by molar-refractivity contribution is -0.115. The zero-order chi connectivity index (χ0) is 16.8. The van der Waals surface area contributed by atoms with Crippen molar-refractivity contribution < 1.29 is 9.59 Å². The van der Waals surface area contributed by atoms with Crippen molar-refractivity contribution in [3.63, 3.8) is 0 Å². The first-order chi connectivity index (χ1) is 11.7. The van der Waals surface area contributed by atoms with E-state index in [1.807, 2.05) is 30.3 Å². The van der Waals surface area contributed by atoms with E-state index < -0.39 is 0 Å². The third-order valence-corrected chi connectivity index (χ3v) is 3.30. The summed E-state index contributed by atoms with van der Waals surface area (Å²) in [6.07, 6.45) is 2.98. The van der Waals surface area contributed by atoms with Crippen LogP contribution in [0, 0.1) is 0 Å². The van der Waals surface area contributed by atoms with Crippen molar-refractivity contribution in [1.82, 2.24) is 14.9 Å². The molecule has 0 atom stereocenters. The molecule has 1 heterocycles. The normalized spacial score (nSPS) is 10.2. The summed E-state index contributed by atoms with van der Waals surface area (Å²) in [5.74, 6) is -0.559. The lowest BCUT2D eigenvalue weighted by Crippen LogP contribution is -2.24. The predicted molar refractivity (Wildman–Crippen MR) is 88.9 cm³/mol. The number of aromatic nitrogens is 3. The summed E-state index contributed by atoms with van der Waals surface area (Å²) in [5, 5.41) is 10.0. The molecule has 7 heteroatoms. The molecule has 3 aromatic rings. The summed E-state index contributed by atoms with van der Waals surface area (Å²) in [4.78, 5) is 24.5. The number of para-hydroxylation sites is 1. The minimum Gasteiger partial charge on any atom is -0.325 e. The number of amides is 2. The Kier molecular flexibility index (Phi) is 4.62. The van der Waals surface area contributed by atoms with E-state index in [1.165, 1.54) is 17.3 Å². The fraction of sp³-hybridized carbons (Fsp3) is 0.0588. The van der Waals surface area contributed by atoms with Crippen LogP contribution < -0.4 is 10.7 Å². The quantitative estimate of drug-likeness (QED) is 0.750. The molecular weight excluding hydrogens is 306 g/mol. The molecule has 0 spiro atoms. The fourth-order valence-corrected chi connectivity index (χ4v) is 2.20. The third-order valence-electron chi connectivity index (χ3n) is 3.30. The summed E-state index contributed by atoms with van der Waals surface area (Å²) in [6.45, 7) is 0. The van der Waals surface area contributed by atoms with Crippen LogP contribution in [0.2, 0.25) is 0 Å². The van der Waals surface area contributed by atoms with Gasteiger partial charge in [-0.05, 0) is 17.7 Å². The van der Waals surface area contributed by atoms with Gasteiger partial charge in [-0.3, -0.25) is 15.0 Å². The van der Waals surface area contributed by atoms with Gasteiger partial charge in [-0.2, -0.15) is 0 Å². The van der Waals surface area contributed by atoms with Crippen LogP contribution >= 0.6 is 0 Å². The second kappa shape index (κ2) is 7.19. The van der Waals surface area contributed by atoms with Crippen molar-refractivity contribution in [1.29, 1.82) is 0 Å². The molecule has 120 valence electrons. The Labute approximate surface area is 138 Å². The van der Waals surface area contributed by atoms with Gasteiger partial charge in [0.15, 0.2) is 0 Å². The molecule has 0 aliphatic rings. The van der Waals surface area contributed by atoms with Gasteiger partial charge in [-0.1, -0.05) is 42.5 Å². The van der Waals surface area contributed by atoms with Crippen LogP contribution in [0.3, 0.4) is 0 Å². The molecular formula is C17H15N5O2. The minimum atomic E-state index is -0.370. The molecule has 1 aromatic heterocycles. The van der Waals surface area contributed by atoms with Gasteiger partial charge in [0.05, 0.1) is 17.7 Å². The van der Waals surface area contributed by atoms with Crippen molar-refractivity contribution in [2.24, 2.45) is 0 Å². The highest BCUT2D eigenvalue weighted by molar-refractivity contribution is 6.07. The topological polar surface area (TPSA) is 88.9 Å². The average molecular weight is 321 g/mol. The monoisotopic (exact) mass is 321 g/mol. The van der Waals surface area contributed by atoms with Crippen LogP contribution in [0.1, 0.15) is 15.9 Å². The second-order valence-corrected chi connectivity index (χ2v) is 5.07. The van der Waals surface area contributed by atoms with Crippen molar-refractivity contribution in [2.75, 3.05) is 10.7 Å². The summed E-state index contributed by atoms with van der Waals surface area (Å²) >= 11 is 0. The maximum Gasteiger partial charge on any atom is 0.272 e. The highest BCUT2D eigenvalue weighted by Gasteiger charge is 2.13. The zero-order valence-corrected chi connectivity index (χ0v) is 12.7. The Hall–Kier alpha value is -3.48. The van der Waals surface area contributed by atoms with Gasteiger partial charge >= 0.3 is 0 Å². The van der Waals surface area contributed by atoms with Crippen molar-refractivity contribution in [3.05, 3.63) is 78.4 Å². The lowest BCUT2D eigenvalue weighted by atomic mass is 10.1. The maximum absolute atomic E-state index is 12.3. The number of benzene rings is 2. The highest BCUT2D eigenvalue weighted by Crippen LogP contribution is 2.16. The van der Waals surface area contributed by atoms with Gasteiger partial charge in [-0.25, -0.2) is 4.68 Å². The lowest BCUT2D eigenvalue weighted by Gasteiger charge is -2.11. The number of rotatable bonds is 5. The number of hydrogen-bond donors (Lipinski definition) is 2. The number of hydrogen-bond acceptors (Lipinski definition) is 4. The molecule has 0 bridgehead atoms. The molecule has 0 aliphatic heterocycles. The molecule has 0 aliphatic carbocycles. The predicted octanol–water partition coefficient (Wildman–Crippen LogP) is 1.84. The van der Waals surface area contributed by atoms with Gasteiger partial charge in [0.1, 0.15) is 12.7 Å². The molecule has 0 unspecified atom stereocenters. The summed E-state index contributed by atoms with van der Waals surface area (Å²) in [5.41, 5.74) is 4.31. The van der Waals surface area contributed by atoms with Gasteiger partial charge in [0.2, 0.25) is 5.91 Å². The number of anilines is 1. The number of carbonyl (C=O) groups excluding carboxylic acids is 2. The van der Waals surface area contributed by atoms with Crippen molar-refractivity contribution in [2.45, 2.75) is 6.42 Å². The molecule has 0 radical (unpaired) electrons. The van der Waals surface area contributed by atoms with Crippen LogP contribution in [0.25, 0.3) is 0 Å². The van der Waals surface area contributed by atoms with Gasteiger partial charge in [0, 0.05) is 0 Å². The molecule has 2 aromatic carbocycles. The molecule has 7 nitrogen and oxygen atoms in total. The van der Waals surface area contributed by atoms with Crippen LogP contribution in [0.15, 0.2) is 67.3 Å². The van der Waals surface area contributed by atoms with E-state index in [0.29, 0.717) is 11.3 Å². The Balaban J connectivity index is 1.72. The van der Waals surface area contributed by atoms with Crippen LogP contribution in [-0.2, 0) is 11.2 Å². The Morgan fingerprint density at radius 3 is 2.33 bits per heavy atom. The number of nitrogens with zero attached hydrogens (tertiary/aromatic N) is 3. The second-order valence-electron chi connectivity index (χ2n) is 5.07. The summed E-state index contributed by atoms with van der Waals surface area (Å²) in [7, 11) is 0. The molecule has 24 heavy (non-hydrogen) atoms. The van der Waals surface area contributed by atoms with Crippen LogP contribution in [-0.4, -0.2) is 26.7 Å². The van der Waals surface area contributed by atoms with E-state index in [4.69, 9.17) is 0 Å². The highest BCUT2D eigenvalue weighted by atomic mass is 16.2. The maximum atomic E-state index is 12.3. The smallest absolute Gasteiger partial charge is 0.272 e. The third kappa shape index (κ3) is 3.83. The van der Waals surface area contributed by atoms with E-state index >= 15 is 0 Å². The first-order valence-electron chi connectivity index (χ1n) is 7.31. The van der Waals surface area contributed by atoms with E-state index in [-0.39, 0.29) is 18.2 Å². The first kappa shape index (κ1) is 15.4. The standard InChI is InChI=1S/C17H15N5O2/c23-16(10-13-6-2-1-3-7-13)20-15-9-5-4-8-14(15)17(24)21-22-11-18-19-12-22/h1-9,11-12H,10H2,(H,20,23)(H,21,24). The SMILES string of the molecule is O=C(Cc1ccccc1)Nc1ccccc1C(=O)Nn1cnnc1. The van der Waals surface area contributed by atoms with E-state index in [2.05, 4.69) is 20.9 Å². The van der Waals surface area contributed by atoms with Gasteiger partial charge in [0.25, 0.3) is 5.91 Å². The Bertz CT molecular complexity index is 831. The summed E-state index contributed by atoms with van der Waals surface area (Å²) in [6, 6.07) is 16.2. The molecule has 0 saturated carbocycles. The molecule has 2 amide bonds. The fourth-order valence-electron chi connectivity index (χ4n) is 2.20. The number of nitrogens with one attached hydrogen (secondary N) is 2. The van der Waals surface area contributed by atoms with Gasteiger partial charge < -0.3 is 5.32 Å². The largest absolute Gasteiger partial charge is 0.325 e. The van der Waals surface area contributed by atoms with Crippen LogP contribution in [0.4, 0.5) is 5.69 Å². The van der Waals surface area contributed by atoms with E-state index in [0.717, 1.165) is 5.56 Å². The Morgan fingerprint density at radius 2 is 1.58 bits per heavy atom. The molecule has 3 rings (SSSR count). The van der Waals surface area contributed by atoms with E-state index in [1.54, 1.807) is 24.3 Å². The minimum absolute atomic E-state index is 0.189. The Morgan fingerprint density at radius 1 is 0.917 bits per heavy atom. The van der Waals surface area contributed by atoms with E-state index in [9.17, 15) is 9.59 Å².